The van der Waals surface area contributed by atoms with Crippen molar-refractivity contribution in [1.82, 2.24) is 20.6 Å². The number of piperazine rings is 1. The zero-order chi connectivity index (χ0) is 13.4. The Morgan fingerprint density at radius 3 is 2.28 bits per heavy atom. The van der Waals surface area contributed by atoms with E-state index in [1.54, 1.807) is 18.6 Å². The fourth-order valence-electron chi connectivity index (χ4n) is 1.76. The maximum atomic E-state index is 4.12. The Bertz CT molecular complexity index is 305. The molecule has 1 aliphatic rings. The summed E-state index contributed by atoms with van der Waals surface area (Å²) >= 11 is 0. The second kappa shape index (κ2) is 8.16. The monoisotopic (exact) mass is 250 g/mol. The molecule has 102 valence electrons. The van der Waals surface area contributed by atoms with Crippen molar-refractivity contribution in [2.45, 2.75) is 39.7 Å². The third kappa shape index (κ3) is 5.56. The molecule has 1 aromatic heterocycles. The Morgan fingerprint density at radius 1 is 1.17 bits per heavy atom. The van der Waals surface area contributed by atoms with Crippen molar-refractivity contribution in [3.8, 4) is 0 Å². The SMILES string of the molecule is CC(C)C1CNCCN1.CC(C)c1cnccn1. The highest BCUT2D eigenvalue weighted by atomic mass is 15.1. The van der Waals surface area contributed by atoms with E-state index in [4.69, 9.17) is 0 Å². The van der Waals surface area contributed by atoms with Gasteiger partial charge in [-0.3, -0.25) is 9.97 Å². The van der Waals surface area contributed by atoms with Crippen LogP contribution in [-0.2, 0) is 0 Å². The normalized spacial score (nSPS) is 19.6. The summed E-state index contributed by atoms with van der Waals surface area (Å²) in [5, 5.41) is 6.81. The Kier molecular flexibility index (Phi) is 6.83. The summed E-state index contributed by atoms with van der Waals surface area (Å²) in [7, 11) is 0. The van der Waals surface area contributed by atoms with E-state index < -0.39 is 0 Å². The molecule has 0 radical (unpaired) electrons. The lowest BCUT2D eigenvalue weighted by molar-refractivity contribution is 0.342. The largest absolute Gasteiger partial charge is 0.314 e. The van der Waals surface area contributed by atoms with E-state index in [-0.39, 0.29) is 0 Å². The molecule has 4 heteroatoms. The van der Waals surface area contributed by atoms with Gasteiger partial charge in [-0.2, -0.15) is 0 Å². The minimum atomic E-state index is 0.485. The predicted octanol–water partition coefficient (Wildman–Crippen LogP) is 1.80. The van der Waals surface area contributed by atoms with E-state index in [0.717, 1.165) is 31.2 Å². The number of hydrogen-bond donors (Lipinski definition) is 2. The zero-order valence-corrected chi connectivity index (χ0v) is 12.0. The maximum Gasteiger partial charge on any atom is 0.0612 e. The molecular weight excluding hydrogens is 224 g/mol. The molecule has 0 saturated carbocycles. The van der Waals surface area contributed by atoms with E-state index in [1.165, 1.54) is 0 Å². The fraction of sp³-hybridized carbons (Fsp3) is 0.714. The average Bonchev–Trinajstić information content (AvgIpc) is 2.41. The van der Waals surface area contributed by atoms with Gasteiger partial charge in [-0.15, -0.1) is 0 Å². The van der Waals surface area contributed by atoms with Gasteiger partial charge in [0.1, 0.15) is 0 Å². The van der Waals surface area contributed by atoms with Crippen LogP contribution in [0.25, 0.3) is 0 Å². The Hall–Kier alpha value is -1.00. The minimum absolute atomic E-state index is 0.485. The zero-order valence-electron chi connectivity index (χ0n) is 12.0. The first-order chi connectivity index (χ1) is 8.61. The number of nitrogens with zero attached hydrogens (tertiary/aromatic N) is 2. The van der Waals surface area contributed by atoms with Gasteiger partial charge in [-0.05, 0) is 11.8 Å². The van der Waals surface area contributed by atoms with Crippen molar-refractivity contribution in [1.29, 1.82) is 0 Å². The lowest BCUT2D eigenvalue weighted by Crippen LogP contribution is -2.50. The molecule has 0 spiro atoms. The summed E-state index contributed by atoms with van der Waals surface area (Å²) in [6.45, 7) is 12.1. The van der Waals surface area contributed by atoms with Gasteiger partial charge in [0.05, 0.1) is 5.69 Å². The molecule has 0 amide bonds. The van der Waals surface area contributed by atoms with Gasteiger partial charge >= 0.3 is 0 Å². The van der Waals surface area contributed by atoms with Crippen LogP contribution >= 0.6 is 0 Å². The number of aromatic nitrogens is 2. The highest BCUT2D eigenvalue weighted by Crippen LogP contribution is 2.06. The maximum absolute atomic E-state index is 4.12. The lowest BCUT2D eigenvalue weighted by atomic mass is 10.0. The van der Waals surface area contributed by atoms with Crippen molar-refractivity contribution in [3.05, 3.63) is 24.3 Å². The first kappa shape index (κ1) is 15.1. The molecular formula is C14H26N4. The lowest BCUT2D eigenvalue weighted by Gasteiger charge is -2.27. The summed E-state index contributed by atoms with van der Waals surface area (Å²) in [4.78, 5) is 8.06. The molecule has 2 N–H and O–H groups in total. The van der Waals surface area contributed by atoms with Crippen LogP contribution in [0.5, 0.6) is 0 Å². The van der Waals surface area contributed by atoms with Gasteiger partial charge < -0.3 is 10.6 Å². The highest BCUT2D eigenvalue weighted by molar-refractivity contribution is 4.99. The van der Waals surface area contributed by atoms with Gasteiger partial charge in [0.15, 0.2) is 0 Å². The van der Waals surface area contributed by atoms with Crippen LogP contribution in [0.2, 0.25) is 0 Å². The van der Waals surface area contributed by atoms with E-state index >= 15 is 0 Å². The standard InChI is InChI=1S/C7H16N2.C7H10N2/c2*1-6(2)7-5-8-3-4-9-7/h6-9H,3-5H2,1-2H3;3-6H,1-2H3. The van der Waals surface area contributed by atoms with Crippen LogP contribution in [0.4, 0.5) is 0 Å². The van der Waals surface area contributed by atoms with Crippen molar-refractivity contribution in [2.24, 2.45) is 5.92 Å². The van der Waals surface area contributed by atoms with E-state index in [2.05, 4.69) is 48.3 Å². The second-order valence-electron chi connectivity index (χ2n) is 5.29. The Balaban J connectivity index is 0.000000180. The molecule has 1 unspecified atom stereocenters. The Morgan fingerprint density at radius 2 is 1.94 bits per heavy atom. The summed E-state index contributed by atoms with van der Waals surface area (Å²) in [6.07, 6.45) is 5.20. The molecule has 0 aromatic carbocycles. The van der Waals surface area contributed by atoms with Gasteiger partial charge in [0.2, 0.25) is 0 Å². The third-order valence-electron chi connectivity index (χ3n) is 3.05. The first-order valence-electron chi connectivity index (χ1n) is 6.81. The quantitative estimate of drug-likeness (QED) is 0.840. The third-order valence-corrected chi connectivity index (χ3v) is 3.05. The van der Waals surface area contributed by atoms with Crippen LogP contribution in [0, 0.1) is 5.92 Å². The van der Waals surface area contributed by atoms with Crippen molar-refractivity contribution < 1.29 is 0 Å². The molecule has 1 aliphatic heterocycles. The molecule has 18 heavy (non-hydrogen) atoms. The van der Waals surface area contributed by atoms with Crippen LogP contribution < -0.4 is 10.6 Å². The van der Waals surface area contributed by atoms with Gasteiger partial charge in [-0.1, -0.05) is 27.7 Å². The van der Waals surface area contributed by atoms with Crippen LogP contribution in [0.15, 0.2) is 18.6 Å². The van der Waals surface area contributed by atoms with Gasteiger partial charge in [-0.25, -0.2) is 0 Å². The van der Waals surface area contributed by atoms with Crippen LogP contribution in [-0.4, -0.2) is 35.6 Å². The molecule has 1 saturated heterocycles. The van der Waals surface area contributed by atoms with Crippen LogP contribution in [0.3, 0.4) is 0 Å². The molecule has 2 rings (SSSR count). The molecule has 0 aliphatic carbocycles. The number of rotatable bonds is 2. The first-order valence-corrected chi connectivity index (χ1v) is 6.81. The summed E-state index contributed by atoms with van der Waals surface area (Å²) in [5.41, 5.74) is 1.05. The molecule has 1 aromatic rings. The summed E-state index contributed by atoms with van der Waals surface area (Å²) in [6, 6.07) is 0.693. The highest BCUT2D eigenvalue weighted by Gasteiger charge is 2.14. The summed E-state index contributed by atoms with van der Waals surface area (Å²) < 4.78 is 0. The van der Waals surface area contributed by atoms with E-state index in [9.17, 15) is 0 Å². The van der Waals surface area contributed by atoms with Crippen molar-refractivity contribution in [2.75, 3.05) is 19.6 Å². The molecule has 1 fully saturated rings. The Labute approximate surface area is 111 Å². The topological polar surface area (TPSA) is 49.8 Å². The van der Waals surface area contributed by atoms with E-state index in [1.807, 2.05) is 0 Å². The second-order valence-corrected chi connectivity index (χ2v) is 5.29. The average molecular weight is 250 g/mol. The number of nitrogens with one attached hydrogen (secondary N) is 2. The molecule has 2 heterocycles. The minimum Gasteiger partial charge on any atom is -0.314 e. The fourth-order valence-corrected chi connectivity index (χ4v) is 1.76. The van der Waals surface area contributed by atoms with Crippen molar-refractivity contribution >= 4 is 0 Å². The smallest absolute Gasteiger partial charge is 0.0612 e. The van der Waals surface area contributed by atoms with Gasteiger partial charge in [0.25, 0.3) is 0 Å². The van der Waals surface area contributed by atoms with Gasteiger partial charge in [0, 0.05) is 44.3 Å². The summed E-state index contributed by atoms with van der Waals surface area (Å²) in [5.74, 6) is 1.25. The van der Waals surface area contributed by atoms with E-state index in [0.29, 0.717) is 12.0 Å². The number of hydrogen-bond acceptors (Lipinski definition) is 4. The molecule has 0 bridgehead atoms. The van der Waals surface area contributed by atoms with Crippen LogP contribution in [0.1, 0.15) is 39.3 Å². The van der Waals surface area contributed by atoms with Crippen molar-refractivity contribution in [3.63, 3.8) is 0 Å². The molecule has 4 nitrogen and oxygen atoms in total. The molecule has 1 atom stereocenters. The predicted molar refractivity (Wildman–Crippen MR) is 75.6 cm³/mol.